The summed E-state index contributed by atoms with van der Waals surface area (Å²) in [5.74, 6) is -1.61. The van der Waals surface area contributed by atoms with Gasteiger partial charge in [0.1, 0.15) is 17.0 Å². The molecule has 0 aliphatic rings. The van der Waals surface area contributed by atoms with Gasteiger partial charge in [0.25, 0.3) is 5.69 Å². The van der Waals surface area contributed by atoms with E-state index in [2.05, 4.69) is 0 Å². The Hall–Kier alpha value is -2.37. The maximum absolute atomic E-state index is 12.9. The van der Waals surface area contributed by atoms with E-state index in [1.54, 1.807) is 6.92 Å². The average Bonchev–Trinajstić information content (AvgIpc) is 2.64. The Morgan fingerprint density at radius 3 is 2.34 bits per heavy atom. The summed E-state index contributed by atoms with van der Waals surface area (Å²) in [5, 5.41) is 10.7. The molecule has 0 aromatic heterocycles. The molecular formula is C18H28F3N2O8P. The van der Waals surface area contributed by atoms with Gasteiger partial charge in [0.05, 0.1) is 17.6 Å². The van der Waals surface area contributed by atoms with Crippen LogP contribution in [-0.4, -0.2) is 41.8 Å². The number of unbranched alkanes of at least 4 members (excludes halogenated alkanes) is 1. The number of nitrogen functional groups attached to an aromatic ring is 1. The molecule has 0 spiro atoms. The van der Waals surface area contributed by atoms with Gasteiger partial charge in [0, 0.05) is 18.8 Å². The van der Waals surface area contributed by atoms with Crippen LogP contribution >= 0.6 is 7.60 Å². The van der Waals surface area contributed by atoms with Gasteiger partial charge in [-0.25, -0.2) is 4.79 Å². The molecule has 0 saturated carbocycles. The monoisotopic (exact) mass is 488 g/mol. The van der Waals surface area contributed by atoms with Gasteiger partial charge in [-0.3, -0.25) is 14.7 Å². The molecule has 184 valence electrons. The van der Waals surface area contributed by atoms with Gasteiger partial charge < -0.3 is 24.6 Å². The summed E-state index contributed by atoms with van der Waals surface area (Å²) < 4.78 is 63.5. The molecule has 2 unspecified atom stereocenters. The van der Waals surface area contributed by atoms with Gasteiger partial charge >= 0.3 is 19.7 Å². The molecule has 1 aromatic carbocycles. The van der Waals surface area contributed by atoms with E-state index in [0.29, 0.717) is 12.5 Å². The molecule has 3 N–H and O–H groups in total. The van der Waals surface area contributed by atoms with Gasteiger partial charge in [-0.05, 0) is 19.8 Å². The van der Waals surface area contributed by atoms with Crippen LogP contribution in [0.1, 0.15) is 45.6 Å². The Bertz CT molecular complexity index is 814. The predicted molar refractivity (Wildman–Crippen MR) is 110 cm³/mol. The van der Waals surface area contributed by atoms with Gasteiger partial charge in [-0.1, -0.05) is 20.3 Å². The highest BCUT2D eigenvalue weighted by molar-refractivity contribution is 7.51. The summed E-state index contributed by atoms with van der Waals surface area (Å²) in [4.78, 5) is 29.6. The van der Waals surface area contributed by atoms with E-state index in [1.807, 2.05) is 13.8 Å². The molecular weight excluding hydrogens is 460 g/mol. The normalized spacial score (nSPS) is 13.9. The zero-order valence-corrected chi connectivity index (χ0v) is 19.1. The Labute approximate surface area is 183 Å². The number of carbonyl (C=O) groups excluding carboxylic acids is 1. The van der Waals surface area contributed by atoms with Crippen LogP contribution in [0, 0.1) is 10.1 Å². The van der Waals surface area contributed by atoms with Crippen molar-refractivity contribution in [3.8, 4) is 5.75 Å². The number of alkyl halides is 3. The molecule has 0 radical (unpaired) electrons. The highest BCUT2D eigenvalue weighted by Crippen LogP contribution is 2.41. The van der Waals surface area contributed by atoms with Crippen molar-refractivity contribution < 1.29 is 46.3 Å². The lowest BCUT2D eigenvalue weighted by atomic mass is 10.1. The molecule has 0 bridgehead atoms. The molecule has 0 aliphatic carbocycles. The molecule has 10 nitrogen and oxygen atoms in total. The highest BCUT2D eigenvalue weighted by Gasteiger charge is 2.37. The highest BCUT2D eigenvalue weighted by atomic mass is 31.2. The topological polar surface area (TPSA) is 151 Å². The molecule has 0 fully saturated rings. The number of carbonyl (C=O) groups is 1. The molecule has 0 heterocycles. The number of rotatable bonds is 10. The number of benzene rings is 1. The standard InChI is InChI=1S/C13H15F3N2O5.C5H13O3P/c1-2-3-4-22-12(19)7-23-11-6-9(17)10(18(20)21)5-8(11)13(14,15)16;1-4-5(2)8-9(3,6)7/h5-6H,2-4,7,17H2,1H3;5H,4H2,1-3H3,(H,6,7). The molecule has 0 aliphatic heterocycles. The van der Waals surface area contributed by atoms with Crippen molar-refractivity contribution in [2.75, 3.05) is 25.6 Å². The zero-order valence-electron chi connectivity index (χ0n) is 18.2. The van der Waals surface area contributed by atoms with E-state index in [-0.39, 0.29) is 18.8 Å². The lowest BCUT2D eigenvalue weighted by Crippen LogP contribution is -2.18. The lowest BCUT2D eigenvalue weighted by molar-refractivity contribution is -0.384. The number of anilines is 1. The van der Waals surface area contributed by atoms with E-state index in [0.717, 1.165) is 12.8 Å². The minimum Gasteiger partial charge on any atom is -0.481 e. The van der Waals surface area contributed by atoms with Crippen molar-refractivity contribution in [1.82, 2.24) is 0 Å². The summed E-state index contributed by atoms with van der Waals surface area (Å²) in [6.07, 6.45) is -2.86. The van der Waals surface area contributed by atoms with Crippen LogP contribution in [0.3, 0.4) is 0 Å². The second-order valence-electron chi connectivity index (χ2n) is 6.65. The number of hydrogen-bond donors (Lipinski definition) is 2. The summed E-state index contributed by atoms with van der Waals surface area (Å²) in [6.45, 7) is 6.11. The third-order valence-corrected chi connectivity index (χ3v) is 4.44. The number of nitro groups is 1. The largest absolute Gasteiger partial charge is 0.481 e. The Balaban J connectivity index is 0.000000900. The SMILES string of the molecule is CCC(C)OP(C)(=O)O.CCCCOC(=O)COc1cc(N)c([N+](=O)[O-])cc1C(F)(F)F. The molecule has 0 amide bonds. The zero-order chi connectivity index (χ0) is 25.1. The number of ether oxygens (including phenoxy) is 2. The van der Waals surface area contributed by atoms with Crippen molar-refractivity contribution in [2.45, 2.75) is 52.3 Å². The maximum Gasteiger partial charge on any atom is 0.420 e. The molecule has 0 saturated heterocycles. The Morgan fingerprint density at radius 2 is 1.94 bits per heavy atom. The van der Waals surface area contributed by atoms with Crippen LogP contribution in [0.25, 0.3) is 0 Å². The van der Waals surface area contributed by atoms with Crippen LogP contribution in [0.2, 0.25) is 0 Å². The molecule has 32 heavy (non-hydrogen) atoms. The average molecular weight is 488 g/mol. The van der Waals surface area contributed by atoms with Gasteiger partial charge in [-0.15, -0.1) is 0 Å². The van der Waals surface area contributed by atoms with Crippen LogP contribution in [-0.2, 0) is 24.8 Å². The first-order chi connectivity index (χ1) is 14.6. The first-order valence-corrected chi connectivity index (χ1v) is 11.6. The van der Waals surface area contributed by atoms with Crippen molar-refractivity contribution >= 4 is 24.9 Å². The van der Waals surface area contributed by atoms with E-state index in [9.17, 15) is 32.6 Å². The van der Waals surface area contributed by atoms with Crippen molar-refractivity contribution in [3.63, 3.8) is 0 Å². The third-order valence-electron chi connectivity index (χ3n) is 3.69. The van der Waals surface area contributed by atoms with Crippen molar-refractivity contribution in [1.29, 1.82) is 0 Å². The van der Waals surface area contributed by atoms with E-state index < -0.39 is 54.0 Å². The lowest BCUT2D eigenvalue weighted by Gasteiger charge is -2.14. The van der Waals surface area contributed by atoms with Crippen LogP contribution < -0.4 is 10.5 Å². The van der Waals surface area contributed by atoms with Crippen LogP contribution in [0.5, 0.6) is 5.75 Å². The predicted octanol–water partition coefficient (Wildman–Crippen LogP) is 4.53. The Morgan fingerprint density at radius 1 is 1.34 bits per heavy atom. The quantitative estimate of drug-likeness (QED) is 0.121. The second kappa shape index (κ2) is 13.2. The first-order valence-electron chi connectivity index (χ1n) is 9.54. The number of hydrogen-bond acceptors (Lipinski definition) is 8. The van der Waals surface area contributed by atoms with Crippen molar-refractivity contribution in [3.05, 3.63) is 27.8 Å². The molecule has 2 atom stereocenters. The third kappa shape index (κ3) is 11.9. The fourth-order valence-electron chi connectivity index (χ4n) is 2.00. The summed E-state index contributed by atoms with van der Waals surface area (Å²) >= 11 is 0. The number of nitrogens with two attached hydrogens (primary N) is 1. The summed E-state index contributed by atoms with van der Waals surface area (Å²) in [7, 11) is -3.24. The van der Waals surface area contributed by atoms with Crippen LogP contribution in [0.4, 0.5) is 24.5 Å². The Kier molecular flexibility index (Phi) is 12.3. The minimum atomic E-state index is -4.90. The van der Waals surface area contributed by atoms with Crippen molar-refractivity contribution in [2.24, 2.45) is 0 Å². The van der Waals surface area contributed by atoms with Gasteiger partial charge in [0.15, 0.2) is 6.61 Å². The number of nitro benzene ring substituents is 1. The summed E-state index contributed by atoms with van der Waals surface area (Å²) in [6, 6.07) is 0.938. The second-order valence-corrected chi connectivity index (χ2v) is 8.47. The van der Waals surface area contributed by atoms with E-state index >= 15 is 0 Å². The molecule has 14 heteroatoms. The maximum atomic E-state index is 12.9. The van der Waals surface area contributed by atoms with E-state index in [4.69, 9.17) is 24.6 Å². The molecule has 1 rings (SSSR count). The minimum absolute atomic E-state index is 0.120. The number of nitrogens with zero attached hydrogens (tertiary/aromatic N) is 1. The fraction of sp³-hybridized carbons (Fsp3) is 0.611. The fourth-order valence-corrected chi connectivity index (χ4v) is 2.82. The first kappa shape index (κ1) is 29.6. The van der Waals surface area contributed by atoms with Crippen LogP contribution in [0.15, 0.2) is 12.1 Å². The number of halogens is 3. The van der Waals surface area contributed by atoms with Gasteiger partial charge in [-0.2, -0.15) is 13.2 Å². The van der Waals surface area contributed by atoms with Gasteiger partial charge in [0.2, 0.25) is 0 Å². The smallest absolute Gasteiger partial charge is 0.420 e. The van der Waals surface area contributed by atoms with E-state index in [1.165, 1.54) is 6.66 Å². The summed E-state index contributed by atoms with van der Waals surface area (Å²) in [5.41, 5.74) is 2.55. The number of esters is 1. The molecule has 1 aromatic rings.